The molecule has 0 heteroatoms. The van der Waals surface area contributed by atoms with E-state index < -0.39 is 0 Å². The Morgan fingerprint density at radius 2 is 0.714 bits per heavy atom. The van der Waals surface area contributed by atoms with Crippen molar-refractivity contribution in [1.29, 1.82) is 0 Å². The summed E-state index contributed by atoms with van der Waals surface area (Å²) < 4.78 is 0. The van der Waals surface area contributed by atoms with Crippen LogP contribution in [0.4, 0.5) is 0 Å². The smallest absolute Gasteiger partial charge is 0.0383 e. The molecule has 0 unspecified atom stereocenters. The Hall–Kier alpha value is 0. The third-order valence-electron chi connectivity index (χ3n) is 2.06. The van der Waals surface area contributed by atoms with Crippen molar-refractivity contribution < 1.29 is 0 Å². The van der Waals surface area contributed by atoms with Crippen LogP contribution in [0, 0.1) is 16.2 Å². The zero-order chi connectivity index (χ0) is 15.6. The summed E-state index contributed by atoms with van der Waals surface area (Å²) in [5.74, 6) is 0. The lowest BCUT2D eigenvalue weighted by molar-refractivity contribution is 0.373. The fraction of sp³-hybridized carbons (Fsp3) is 1.00. The van der Waals surface area contributed by atoms with Gasteiger partial charge >= 0.3 is 0 Å². The topological polar surface area (TPSA) is 0 Å². The second-order valence-corrected chi connectivity index (χ2v) is 9.22. The highest BCUT2D eigenvalue weighted by molar-refractivity contribution is 4.58. The molecule has 138 valence electrons. The van der Waals surface area contributed by atoms with Gasteiger partial charge in [0.25, 0.3) is 0 Å². The normalized spacial score (nSPS) is 10.3. The molecule has 21 heavy (non-hydrogen) atoms. The Bertz CT molecular complexity index is 150. The Morgan fingerprint density at radius 3 is 0.714 bits per heavy atom. The maximum atomic E-state index is 2.27. The molecule has 0 bridgehead atoms. The molecule has 0 spiro atoms. The molecule has 0 rings (SSSR count). The minimum absolute atomic E-state index is 0. The Balaban J connectivity index is -0.0000000379. The Kier molecular flexibility index (Phi) is 29.1. The molecule has 0 aromatic rings. The van der Waals surface area contributed by atoms with E-state index in [0.717, 1.165) is 0 Å². The van der Waals surface area contributed by atoms with Gasteiger partial charge in [0.05, 0.1) is 0 Å². The van der Waals surface area contributed by atoms with Crippen molar-refractivity contribution >= 4 is 0 Å². The molecule has 0 amide bonds. The number of hydrogen-bond acceptors (Lipinski definition) is 0. The lowest BCUT2D eigenvalue weighted by Gasteiger charge is -2.15. The van der Waals surface area contributed by atoms with Crippen LogP contribution in [0.5, 0.6) is 0 Å². The van der Waals surface area contributed by atoms with E-state index in [9.17, 15) is 0 Å². The van der Waals surface area contributed by atoms with Gasteiger partial charge in [0.1, 0.15) is 0 Å². The number of rotatable bonds is 1. The molecule has 0 aliphatic heterocycles. The molecular formula is C21H54. The zero-order valence-electron chi connectivity index (χ0n) is 15.6. The first kappa shape index (κ1) is 37.3. The summed E-state index contributed by atoms with van der Waals surface area (Å²) in [4.78, 5) is 0. The van der Waals surface area contributed by atoms with Crippen LogP contribution in [0.15, 0.2) is 0 Å². The van der Waals surface area contributed by atoms with Gasteiger partial charge in [-0.3, -0.25) is 0 Å². The fourth-order valence-corrected chi connectivity index (χ4v) is 0.750. The van der Waals surface area contributed by atoms with E-state index in [2.05, 4.69) is 83.1 Å². The summed E-state index contributed by atoms with van der Waals surface area (Å²) in [6, 6.07) is 0. The average Bonchev–Trinajstić information content (AvgIpc) is 1.98. The van der Waals surface area contributed by atoms with E-state index >= 15 is 0 Å². The third kappa shape index (κ3) is 132. The summed E-state index contributed by atoms with van der Waals surface area (Å²) >= 11 is 0. The molecule has 0 aliphatic rings. The van der Waals surface area contributed by atoms with Gasteiger partial charge in [-0.05, 0) is 22.7 Å². The van der Waals surface area contributed by atoms with E-state index in [0.29, 0.717) is 16.2 Å². The zero-order valence-corrected chi connectivity index (χ0v) is 15.6. The number of hydrogen-bond donors (Lipinski definition) is 0. The third-order valence-corrected chi connectivity index (χ3v) is 2.06. The van der Waals surface area contributed by atoms with Gasteiger partial charge in [-0.25, -0.2) is 0 Å². The van der Waals surface area contributed by atoms with Crippen molar-refractivity contribution in [1.82, 2.24) is 0 Å². The lowest BCUT2D eigenvalue weighted by Crippen LogP contribution is -2.02. The SMILES string of the molecule is C.C.C.CC(C)(C)C.CCC(C)(C)C.CCCC(C)(C)C. The average molecular weight is 307 g/mol. The maximum Gasteiger partial charge on any atom is -0.0383 e. The lowest BCUT2D eigenvalue weighted by atomic mass is 9.91. The molecule has 0 aromatic carbocycles. The Morgan fingerprint density at radius 1 is 0.524 bits per heavy atom. The minimum Gasteiger partial charge on any atom is -0.0776 e. The van der Waals surface area contributed by atoms with Crippen LogP contribution in [0.2, 0.25) is 0 Å². The van der Waals surface area contributed by atoms with Crippen molar-refractivity contribution in [2.45, 2.75) is 125 Å². The Labute approximate surface area is 141 Å². The van der Waals surface area contributed by atoms with Gasteiger partial charge in [0.2, 0.25) is 0 Å². The van der Waals surface area contributed by atoms with Crippen LogP contribution in [-0.4, -0.2) is 0 Å². The fourth-order valence-electron chi connectivity index (χ4n) is 0.750. The minimum atomic E-state index is 0. The highest BCUT2D eigenvalue weighted by Gasteiger charge is 2.06. The van der Waals surface area contributed by atoms with Crippen molar-refractivity contribution in [3.05, 3.63) is 0 Å². The van der Waals surface area contributed by atoms with Crippen LogP contribution in [0.1, 0.15) is 125 Å². The van der Waals surface area contributed by atoms with Crippen LogP contribution < -0.4 is 0 Å². The first-order valence-electron chi connectivity index (χ1n) is 7.62. The van der Waals surface area contributed by atoms with Crippen molar-refractivity contribution in [2.24, 2.45) is 16.2 Å². The molecule has 0 saturated carbocycles. The molecule has 0 nitrogen and oxygen atoms in total. The van der Waals surface area contributed by atoms with Gasteiger partial charge in [-0.15, -0.1) is 0 Å². The quantitative estimate of drug-likeness (QED) is 0.452. The molecule has 0 aromatic heterocycles. The standard InChI is InChI=1S/C7H16.C6H14.C5H12.3CH4/c1-5-6-7(2,3)4;1-5-6(2,3)4;1-5(2,3)4;;;/h5-6H2,1-4H3;5H2,1-4H3;1-4H3;3*1H4. The first-order chi connectivity index (χ1) is 7.62. The first-order valence-corrected chi connectivity index (χ1v) is 7.62. The molecule has 0 fully saturated rings. The summed E-state index contributed by atoms with van der Waals surface area (Å²) in [5.41, 5.74) is 1.59. The van der Waals surface area contributed by atoms with Gasteiger partial charge in [0.15, 0.2) is 0 Å². The highest BCUT2D eigenvalue weighted by atomic mass is 14.1. The molecule has 0 aliphatic carbocycles. The van der Waals surface area contributed by atoms with Crippen molar-refractivity contribution in [3.63, 3.8) is 0 Å². The van der Waals surface area contributed by atoms with E-state index in [1.165, 1.54) is 19.3 Å². The second-order valence-electron chi connectivity index (χ2n) is 9.22. The van der Waals surface area contributed by atoms with Gasteiger partial charge in [-0.1, -0.05) is 118 Å². The van der Waals surface area contributed by atoms with Crippen molar-refractivity contribution in [2.75, 3.05) is 0 Å². The van der Waals surface area contributed by atoms with Gasteiger partial charge in [-0.2, -0.15) is 0 Å². The van der Waals surface area contributed by atoms with E-state index in [1.54, 1.807) is 0 Å². The summed E-state index contributed by atoms with van der Waals surface area (Å²) in [6.07, 6.45) is 3.92. The summed E-state index contributed by atoms with van der Waals surface area (Å²) in [7, 11) is 0. The van der Waals surface area contributed by atoms with Crippen LogP contribution >= 0.6 is 0 Å². The van der Waals surface area contributed by atoms with Crippen LogP contribution in [0.25, 0.3) is 0 Å². The van der Waals surface area contributed by atoms with E-state index in [1.807, 2.05) is 0 Å². The summed E-state index contributed by atoms with van der Waals surface area (Å²) in [5, 5.41) is 0. The van der Waals surface area contributed by atoms with Crippen molar-refractivity contribution in [3.8, 4) is 0 Å². The van der Waals surface area contributed by atoms with E-state index in [-0.39, 0.29) is 22.3 Å². The van der Waals surface area contributed by atoms with Crippen LogP contribution in [-0.2, 0) is 0 Å². The second kappa shape index (κ2) is 16.4. The van der Waals surface area contributed by atoms with Gasteiger partial charge in [0, 0.05) is 0 Å². The molecular weight excluding hydrogens is 252 g/mol. The van der Waals surface area contributed by atoms with E-state index in [4.69, 9.17) is 0 Å². The maximum absolute atomic E-state index is 2.27. The van der Waals surface area contributed by atoms with Gasteiger partial charge < -0.3 is 0 Å². The monoisotopic (exact) mass is 306 g/mol. The summed E-state index contributed by atoms with van der Waals surface area (Å²) in [6.45, 7) is 26.7. The molecule has 0 saturated heterocycles. The molecule has 0 heterocycles. The highest BCUT2D eigenvalue weighted by Crippen LogP contribution is 2.19. The predicted molar refractivity (Wildman–Crippen MR) is 109 cm³/mol. The van der Waals surface area contributed by atoms with Crippen LogP contribution in [0.3, 0.4) is 0 Å². The largest absolute Gasteiger partial charge is 0.0776 e. The predicted octanol–water partition coefficient (Wildman–Crippen LogP) is 9.24. The molecule has 0 N–H and O–H groups in total. The molecule has 0 radical (unpaired) electrons. The molecule has 0 atom stereocenters.